The number of anilines is 1. The minimum atomic E-state index is -0.576. The average molecular weight is 569 g/mol. The van der Waals surface area contributed by atoms with E-state index in [0.29, 0.717) is 41.0 Å². The number of hydrogen-bond acceptors (Lipinski definition) is 5. The molecule has 9 heteroatoms. The van der Waals surface area contributed by atoms with Crippen LogP contribution in [0.5, 0.6) is 11.5 Å². The fraction of sp³-hybridized carbons (Fsp3) is 0.136. The van der Waals surface area contributed by atoms with Crippen molar-refractivity contribution in [3.05, 3.63) is 68.8 Å². The van der Waals surface area contributed by atoms with Gasteiger partial charge < -0.3 is 9.47 Å². The Hall–Kier alpha value is -2.43. The van der Waals surface area contributed by atoms with E-state index in [1.807, 2.05) is 6.92 Å². The van der Waals surface area contributed by atoms with Crippen LogP contribution in [-0.4, -0.2) is 30.1 Å². The molecule has 160 valence electrons. The van der Waals surface area contributed by atoms with Gasteiger partial charge in [-0.1, -0.05) is 30.3 Å². The molecule has 0 unspecified atom stereocenters. The summed E-state index contributed by atoms with van der Waals surface area (Å²) in [5.41, 5.74) is 1.01. The molecule has 0 atom stereocenters. The van der Waals surface area contributed by atoms with E-state index < -0.39 is 11.8 Å². The van der Waals surface area contributed by atoms with E-state index in [1.54, 1.807) is 42.5 Å². The van der Waals surface area contributed by atoms with Crippen LogP contribution in [0.25, 0.3) is 6.08 Å². The summed E-state index contributed by atoms with van der Waals surface area (Å²) in [5, 5.41) is 3.00. The first-order chi connectivity index (χ1) is 14.8. The van der Waals surface area contributed by atoms with Crippen LogP contribution in [0.1, 0.15) is 12.5 Å². The fourth-order valence-corrected chi connectivity index (χ4v) is 4.14. The fourth-order valence-electron chi connectivity index (χ4n) is 2.89. The predicted molar refractivity (Wildman–Crippen MR) is 134 cm³/mol. The lowest BCUT2D eigenvalue weighted by atomic mass is 10.1. The van der Waals surface area contributed by atoms with E-state index in [2.05, 4.69) is 34.5 Å². The Morgan fingerprint density at radius 2 is 2.03 bits per heavy atom. The van der Waals surface area contributed by atoms with Crippen LogP contribution in [0.4, 0.5) is 5.69 Å². The third kappa shape index (κ3) is 5.25. The third-order valence-corrected chi connectivity index (χ3v) is 5.48. The SMILES string of the molecule is C=CCOc1c(I)cc(C=C2C(=O)NC(=S)N(c3cccc(Cl)c3)C2=O)cc1OCC. The van der Waals surface area contributed by atoms with E-state index in [0.717, 1.165) is 3.57 Å². The Labute approximate surface area is 204 Å². The maximum absolute atomic E-state index is 13.2. The molecule has 0 spiro atoms. The summed E-state index contributed by atoms with van der Waals surface area (Å²) in [4.78, 5) is 27.0. The van der Waals surface area contributed by atoms with Gasteiger partial charge in [0.1, 0.15) is 12.2 Å². The number of carbonyl (C=O) groups excluding carboxylic acids is 2. The van der Waals surface area contributed by atoms with Crippen molar-refractivity contribution < 1.29 is 19.1 Å². The molecule has 1 N–H and O–H groups in total. The maximum Gasteiger partial charge on any atom is 0.270 e. The van der Waals surface area contributed by atoms with Gasteiger partial charge in [0, 0.05) is 5.02 Å². The second kappa shape index (κ2) is 10.3. The predicted octanol–water partition coefficient (Wildman–Crippen LogP) is 4.74. The molecule has 0 bridgehead atoms. The van der Waals surface area contributed by atoms with E-state index in [9.17, 15) is 9.59 Å². The van der Waals surface area contributed by atoms with Crippen LogP contribution in [0.15, 0.2) is 54.6 Å². The summed E-state index contributed by atoms with van der Waals surface area (Å²) in [5.74, 6) is -0.0381. The number of amides is 2. The number of benzene rings is 2. The maximum atomic E-state index is 13.2. The van der Waals surface area contributed by atoms with E-state index in [-0.39, 0.29) is 10.7 Å². The lowest BCUT2D eigenvalue weighted by Crippen LogP contribution is -2.54. The van der Waals surface area contributed by atoms with Crippen LogP contribution in [0.3, 0.4) is 0 Å². The van der Waals surface area contributed by atoms with Gasteiger partial charge in [-0.25, -0.2) is 0 Å². The van der Waals surface area contributed by atoms with Gasteiger partial charge in [-0.15, -0.1) is 0 Å². The molecular formula is C22H18ClIN2O4S. The highest BCUT2D eigenvalue weighted by Gasteiger charge is 2.34. The first-order valence-corrected chi connectivity index (χ1v) is 11.1. The largest absolute Gasteiger partial charge is 0.490 e. The van der Waals surface area contributed by atoms with Crippen molar-refractivity contribution in [1.82, 2.24) is 5.32 Å². The lowest BCUT2D eigenvalue weighted by Gasteiger charge is -2.29. The summed E-state index contributed by atoms with van der Waals surface area (Å²) in [6.45, 7) is 6.26. The number of hydrogen-bond donors (Lipinski definition) is 1. The molecular weight excluding hydrogens is 551 g/mol. The zero-order chi connectivity index (χ0) is 22.5. The molecule has 1 saturated heterocycles. The van der Waals surface area contributed by atoms with Gasteiger partial charge in [-0.05, 0) is 83.7 Å². The van der Waals surface area contributed by atoms with Crippen molar-refractivity contribution in [1.29, 1.82) is 0 Å². The van der Waals surface area contributed by atoms with Crippen LogP contribution in [-0.2, 0) is 9.59 Å². The van der Waals surface area contributed by atoms with Crippen LogP contribution >= 0.6 is 46.4 Å². The second-order valence-corrected chi connectivity index (χ2v) is 8.29. The van der Waals surface area contributed by atoms with Gasteiger partial charge in [0.25, 0.3) is 11.8 Å². The number of carbonyl (C=O) groups is 2. The molecule has 3 rings (SSSR count). The summed E-state index contributed by atoms with van der Waals surface area (Å²) < 4.78 is 12.2. The zero-order valence-electron chi connectivity index (χ0n) is 16.5. The van der Waals surface area contributed by atoms with Crippen molar-refractivity contribution in [3.8, 4) is 11.5 Å². The van der Waals surface area contributed by atoms with E-state index >= 15 is 0 Å². The van der Waals surface area contributed by atoms with Crippen LogP contribution < -0.4 is 19.7 Å². The minimum absolute atomic E-state index is 0.00724. The van der Waals surface area contributed by atoms with E-state index in [4.69, 9.17) is 33.3 Å². The van der Waals surface area contributed by atoms with Gasteiger partial charge >= 0.3 is 0 Å². The molecule has 31 heavy (non-hydrogen) atoms. The molecule has 0 radical (unpaired) electrons. The highest BCUT2D eigenvalue weighted by atomic mass is 127. The topological polar surface area (TPSA) is 67.9 Å². The Kier molecular flexibility index (Phi) is 7.69. The monoisotopic (exact) mass is 568 g/mol. The zero-order valence-corrected chi connectivity index (χ0v) is 20.2. The van der Waals surface area contributed by atoms with Gasteiger partial charge in [0.15, 0.2) is 16.6 Å². The van der Waals surface area contributed by atoms with Crippen LogP contribution in [0.2, 0.25) is 5.02 Å². The Bertz CT molecular complexity index is 1100. The Morgan fingerprint density at radius 1 is 1.26 bits per heavy atom. The van der Waals surface area contributed by atoms with Crippen molar-refractivity contribution >= 4 is 75.1 Å². The van der Waals surface area contributed by atoms with Crippen LogP contribution in [0, 0.1) is 3.57 Å². The summed E-state index contributed by atoms with van der Waals surface area (Å²) in [7, 11) is 0. The molecule has 1 heterocycles. The smallest absolute Gasteiger partial charge is 0.270 e. The second-order valence-electron chi connectivity index (χ2n) is 6.30. The van der Waals surface area contributed by atoms with Crippen molar-refractivity contribution in [2.75, 3.05) is 18.1 Å². The lowest BCUT2D eigenvalue weighted by molar-refractivity contribution is -0.122. The molecule has 1 fully saturated rings. The number of nitrogens with one attached hydrogen (secondary N) is 1. The molecule has 1 aliphatic rings. The van der Waals surface area contributed by atoms with Crippen molar-refractivity contribution in [2.24, 2.45) is 0 Å². The Balaban J connectivity index is 2.03. The Morgan fingerprint density at radius 3 is 2.71 bits per heavy atom. The minimum Gasteiger partial charge on any atom is -0.490 e. The highest BCUT2D eigenvalue weighted by Crippen LogP contribution is 2.35. The van der Waals surface area contributed by atoms with Crippen molar-refractivity contribution in [3.63, 3.8) is 0 Å². The highest BCUT2D eigenvalue weighted by molar-refractivity contribution is 14.1. The molecule has 0 aliphatic carbocycles. The normalized spacial score (nSPS) is 15.1. The molecule has 2 aromatic carbocycles. The number of rotatable bonds is 7. The molecule has 2 aromatic rings. The number of ether oxygens (including phenoxy) is 2. The number of halogens is 2. The molecule has 6 nitrogen and oxygen atoms in total. The standard InChI is InChI=1S/C22H18ClIN2O4S/c1-3-8-30-19-17(24)10-13(11-18(19)29-4-2)9-16-20(27)25-22(31)26(21(16)28)15-7-5-6-14(23)12-15/h3,5-7,9-12H,1,4,8H2,2H3,(H,25,27,31). The first-order valence-electron chi connectivity index (χ1n) is 9.22. The quantitative estimate of drug-likeness (QED) is 0.172. The summed E-state index contributed by atoms with van der Waals surface area (Å²) >= 11 is 13.4. The average Bonchev–Trinajstić information content (AvgIpc) is 2.71. The van der Waals surface area contributed by atoms with Gasteiger partial charge in [0.2, 0.25) is 0 Å². The van der Waals surface area contributed by atoms with Gasteiger partial charge in [-0.2, -0.15) is 0 Å². The van der Waals surface area contributed by atoms with Crippen molar-refractivity contribution in [2.45, 2.75) is 6.92 Å². The first kappa shape index (κ1) is 23.2. The molecule has 2 amide bonds. The molecule has 1 aliphatic heterocycles. The number of thiocarbonyl (C=S) groups is 1. The summed E-state index contributed by atoms with van der Waals surface area (Å²) in [6, 6.07) is 10.2. The van der Waals surface area contributed by atoms with Gasteiger partial charge in [0.05, 0.1) is 15.9 Å². The number of nitrogens with zero attached hydrogens (tertiary/aromatic N) is 1. The van der Waals surface area contributed by atoms with E-state index in [1.165, 1.54) is 11.0 Å². The summed E-state index contributed by atoms with van der Waals surface area (Å²) in [6.07, 6.45) is 3.14. The molecule has 0 aromatic heterocycles. The van der Waals surface area contributed by atoms with Gasteiger partial charge in [-0.3, -0.25) is 19.8 Å². The molecule has 0 saturated carbocycles. The third-order valence-electron chi connectivity index (χ3n) is 4.16.